The largest absolute Gasteiger partial charge is 0.488 e. The lowest BCUT2D eigenvalue weighted by molar-refractivity contribution is -0.132. The van der Waals surface area contributed by atoms with Gasteiger partial charge in [0.05, 0.1) is 12.3 Å². The Bertz CT molecular complexity index is 800. The summed E-state index contributed by atoms with van der Waals surface area (Å²) in [5, 5.41) is 8.23. The van der Waals surface area contributed by atoms with Gasteiger partial charge >= 0.3 is 0 Å². The number of nitrogens with two attached hydrogens (primary N) is 1. The number of nitrogens with one attached hydrogen (secondary N) is 3. The number of halogens is 2. The molecule has 8 nitrogen and oxygen atoms in total. The Morgan fingerprint density at radius 1 is 1.34 bits per heavy atom. The van der Waals surface area contributed by atoms with Crippen LogP contribution in [0.4, 0.5) is 8.78 Å². The lowest BCUT2D eigenvalue weighted by Gasteiger charge is -2.32. The lowest BCUT2D eigenvalue weighted by Crippen LogP contribution is -2.67. The molecule has 29 heavy (non-hydrogen) atoms. The molecule has 0 radical (unpaired) electrons. The Morgan fingerprint density at radius 3 is 2.69 bits per heavy atom. The molecule has 5 N–H and O–H groups in total. The summed E-state index contributed by atoms with van der Waals surface area (Å²) in [6.07, 6.45) is 1.78. The molecule has 1 aromatic rings. The van der Waals surface area contributed by atoms with Crippen molar-refractivity contribution in [1.82, 2.24) is 16.0 Å². The molecule has 2 unspecified atom stereocenters. The van der Waals surface area contributed by atoms with Crippen molar-refractivity contribution < 1.29 is 23.1 Å². The maximum Gasteiger partial charge on any atom is 0.272 e. The van der Waals surface area contributed by atoms with Crippen molar-refractivity contribution in [3.05, 3.63) is 41.7 Å². The van der Waals surface area contributed by atoms with Gasteiger partial charge in [0, 0.05) is 25.4 Å². The van der Waals surface area contributed by atoms with Gasteiger partial charge in [-0.05, 0) is 30.2 Å². The SMILES string of the molecule is CCC(=O)NC1(C(=O)NC(C)c2cc(CN)cc(OCC(F)F)c2)C=NC=CN1. The number of ether oxygens (including phenoxy) is 1. The highest BCUT2D eigenvalue weighted by atomic mass is 19.3. The van der Waals surface area contributed by atoms with Crippen LogP contribution < -0.4 is 26.4 Å². The number of aliphatic imine (C=N–C) groups is 1. The second-order valence-electron chi connectivity index (χ2n) is 6.46. The maximum absolute atomic E-state index is 12.9. The van der Waals surface area contributed by atoms with Crippen molar-refractivity contribution in [2.45, 2.75) is 44.9 Å². The molecule has 1 aromatic carbocycles. The summed E-state index contributed by atoms with van der Waals surface area (Å²) in [5.41, 5.74) is 5.43. The fourth-order valence-electron chi connectivity index (χ4n) is 2.65. The Morgan fingerprint density at radius 2 is 2.10 bits per heavy atom. The summed E-state index contributed by atoms with van der Waals surface area (Å²) >= 11 is 0. The molecule has 1 aliphatic heterocycles. The van der Waals surface area contributed by atoms with Crippen LogP contribution in [0.5, 0.6) is 5.75 Å². The van der Waals surface area contributed by atoms with Gasteiger partial charge in [-0.3, -0.25) is 14.6 Å². The van der Waals surface area contributed by atoms with E-state index in [-0.39, 0.29) is 24.6 Å². The van der Waals surface area contributed by atoms with E-state index in [1.165, 1.54) is 18.6 Å². The van der Waals surface area contributed by atoms with Crippen molar-refractivity contribution in [2.75, 3.05) is 6.61 Å². The summed E-state index contributed by atoms with van der Waals surface area (Å²) in [5.74, 6) is -0.637. The third-order valence-corrected chi connectivity index (χ3v) is 4.20. The van der Waals surface area contributed by atoms with Crippen LogP contribution in [0.3, 0.4) is 0 Å². The van der Waals surface area contributed by atoms with Gasteiger partial charge < -0.3 is 26.4 Å². The van der Waals surface area contributed by atoms with Crippen LogP contribution in [0.25, 0.3) is 0 Å². The Labute approximate surface area is 167 Å². The minimum atomic E-state index is -2.61. The first-order valence-electron chi connectivity index (χ1n) is 9.13. The maximum atomic E-state index is 12.9. The van der Waals surface area contributed by atoms with Crippen molar-refractivity contribution in [2.24, 2.45) is 10.7 Å². The number of hydrogen-bond acceptors (Lipinski definition) is 6. The van der Waals surface area contributed by atoms with E-state index >= 15 is 0 Å². The van der Waals surface area contributed by atoms with Crippen LogP contribution in [0.2, 0.25) is 0 Å². The predicted octanol–water partition coefficient (Wildman–Crippen LogP) is 1.33. The second-order valence-corrected chi connectivity index (χ2v) is 6.46. The van der Waals surface area contributed by atoms with Crippen molar-refractivity contribution in [1.29, 1.82) is 0 Å². The van der Waals surface area contributed by atoms with Gasteiger partial charge in [-0.1, -0.05) is 13.0 Å². The Hall–Kier alpha value is -3.01. The van der Waals surface area contributed by atoms with E-state index in [0.717, 1.165) is 0 Å². The topological polar surface area (TPSA) is 118 Å². The van der Waals surface area contributed by atoms with Crippen LogP contribution >= 0.6 is 0 Å². The van der Waals surface area contributed by atoms with Crippen LogP contribution in [0.1, 0.15) is 37.4 Å². The summed E-state index contributed by atoms with van der Waals surface area (Å²) in [6, 6.07) is 4.36. The number of carbonyl (C=O) groups excluding carboxylic acids is 2. The molecule has 0 saturated carbocycles. The molecule has 0 aromatic heterocycles. The molecule has 0 spiro atoms. The van der Waals surface area contributed by atoms with Gasteiger partial charge in [-0.2, -0.15) is 0 Å². The molecule has 2 amide bonds. The quantitative estimate of drug-likeness (QED) is 0.491. The van der Waals surface area contributed by atoms with Crippen LogP contribution in [0.15, 0.2) is 35.6 Å². The summed E-state index contributed by atoms with van der Waals surface area (Å²) < 4.78 is 30.0. The minimum absolute atomic E-state index is 0.176. The Balaban J connectivity index is 2.20. The van der Waals surface area contributed by atoms with E-state index in [4.69, 9.17) is 10.5 Å². The molecule has 2 rings (SSSR count). The first kappa shape index (κ1) is 22.3. The second kappa shape index (κ2) is 9.97. The zero-order chi connectivity index (χ0) is 21.4. The van der Waals surface area contributed by atoms with E-state index in [1.807, 2.05) is 0 Å². The highest BCUT2D eigenvalue weighted by Crippen LogP contribution is 2.23. The van der Waals surface area contributed by atoms with Gasteiger partial charge in [0.15, 0.2) is 0 Å². The number of nitrogens with zero attached hydrogens (tertiary/aromatic N) is 1. The number of rotatable bonds is 9. The fourth-order valence-corrected chi connectivity index (χ4v) is 2.65. The molecule has 10 heteroatoms. The zero-order valence-electron chi connectivity index (χ0n) is 16.2. The van der Waals surface area contributed by atoms with E-state index in [1.54, 1.807) is 32.0 Å². The molecule has 1 aliphatic rings. The standard InChI is InChI=1S/C19H25F2N5O3/c1-3-17(27)26-19(11-23-4-5-24-19)18(28)25-12(2)14-6-13(9-22)7-15(8-14)29-10-16(20)21/h4-8,11-12,16,24H,3,9-10,22H2,1-2H3,(H,25,28)(H,26,27). The molecule has 0 bridgehead atoms. The summed E-state index contributed by atoms with van der Waals surface area (Å²) in [7, 11) is 0. The molecule has 0 fully saturated rings. The average molecular weight is 409 g/mol. The monoisotopic (exact) mass is 409 g/mol. The fraction of sp³-hybridized carbons (Fsp3) is 0.421. The molecule has 0 aliphatic carbocycles. The van der Waals surface area contributed by atoms with Gasteiger partial charge in [-0.25, -0.2) is 8.78 Å². The number of amides is 2. The first-order valence-corrected chi connectivity index (χ1v) is 9.13. The van der Waals surface area contributed by atoms with Crippen molar-refractivity contribution >= 4 is 18.0 Å². The van der Waals surface area contributed by atoms with Gasteiger partial charge in [0.1, 0.15) is 12.4 Å². The van der Waals surface area contributed by atoms with Crippen LogP contribution in [-0.2, 0) is 16.1 Å². The third kappa shape index (κ3) is 5.98. The molecule has 1 heterocycles. The van der Waals surface area contributed by atoms with E-state index < -0.39 is 30.6 Å². The molecule has 0 saturated heterocycles. The van der Waals surface area contributed by atoms with E-state index in [2.05, 4.69) is 20.9 Å². The highest BCUT2D eigenvalue weighted by Gasteiger charge is 2.39. The minimum Gasteiger partial charge on any atom is -0.488 e. The molecular formula is C19H25F2N5O3. The van der Waals surface area contributed by atoms with Crippen LogP contribution in [-0.4, -0.2) is 36.7 Å². The number of alkyl halides is 2. The third-order valence-electron chi connectivity index (χ3n) is 4.20. The first-order chi connectivity index (χ1) is 13.8. The smallest absolute Gasteiger partial charge is 0.272 e. The number of benzene rings is 1. The van der Waals surface area contributed by atoms with Gasteiger partial charge in [-0.15, -0.1) is 0 Å². The summed E-state index contributed by atoms with van der Waals surface area (Å²) in [6.45, 7) is 2.82. The number of carbonyl (C=O) groups is 2. The lowest BCUT2D eigenvalue weighted by atomic mass is 10.0. The molecule has 2 atom stereocenters. The van der Waals surface area contributed by atoms with Crippen molar-refractivity contribution in [3.8, 4) is 5.75 Å². The van der Waals surface area contributed by atoms with Gasteiger partial charge in [0.2, 0.25) is 11.6 Å². The number of hydrogen-bond donors (Lipinski definition) is 4. The molecular weight excluding hydrogens is 384 g/mol. The summed E-state index contributed by atoms with van der Waals surface area (Å²) in [4.78, 5) is 28.8. The molecule has 158 valence electrons. The zero-order valence-corrected chi connectivity index (χ0v) is 16.2. The highest BCUT2D eigenvalue weighted by molar-refractivity contribution is 6.06. The van der Waals surface area contributed by atoms with Crippen molar-refractivity contribution in [3.63, 3.8) is 0 Å². The van der Waals surface area contributed by atoms with E-state index in [9.17, 15) is 18.4 Å². The normalized spacial score (nSPS) is 18.8. The van der Waals surface area contributed by atoms with Crippen LogP contribution in [0, 0.1) is 0 Å². The Kier molecular flexibility index (Phi) is 7.66. The van der Waals surface area contributed by atoms with E-state index in [0.29, 0.717) is 11.1 Å². The van der Waals surface area contributed by atoms with Gasteiger partial charge in [0.25, 0.3) is 12.3 Å². The predicted molar refractivity (Wildman–Crippen MR) is 104 cm³/mol. The average Bonchev–Trinajstić information content (AvgIpc) is 2.72.